The number of carbonyl (C=O) groups excluding carboxylic acids is 2. The Balaban J connectivity index is 0.00000588. The number of carboxylic acid groups (broad SMARTS) is 2. The summed E-state index contributed by atoms with van der Waals surface area (Å²) in [6.45, 7) is 0. The van der Waals surface area contributed by atoms with Gasteiger partial charge < -0.3 is 26.6 Å². The van der Waals surface area contributed by atoms with Crippen LogP contribution in [0.5, 0.6) is 0 Å². The second-order valence-electron chi connectivity index (χ2n) is 8.75. The van der Waals surface area contributed by atoms with Crippen molar-refractivity contribution in [1.29, 1.82) is 0 Å². The molecule has 0 aliphatic rings. The van der Waals surface area contributed by atoms with Crippen LogP contribution >= 0.6 is 24.2 Å². The molecule has 0 aliphatic carbocycles. The topological polar surface area (TPSA) is 159 Å². The van der Waals surface area contributed by atoms with Crippen LogP contribution in [-0.2, 0) is 24.9 Å². The highest BCUT2D eigenvalue weighted by atomic mass is 35.5. The van der Waals surface area contributed by atoms with E-state index in [0.717, 1.165) is 16.7 Å². The number of halogens is 1. The van der Waals surface area contributed by atoms with Crippen LogP contribution in [0.25, 0.3) is 11.1 Å². The Morgan fingerprint density at radius 2 is 1.48 bits per heavy atom. The molecule has 40 heavy (non-hydrogen) atoms. The number of rotatable bonds is 14. The molecule has 3 atom stereocenters. The van der Waals surface area contributed by atoms with Gasteiger partial charge >= 0.3 is 11.9 Å². The van der Waals surface area contributed by atoms with E-state index in [1.807, 2.05) is 54.6 Å². The third-order valence-electron chi connectivity index (χ3n) is 5.89. The summed E-state index contributed by atoms with van der Waals surface area (Å²) in [5.41, 5.74) is 8.84. The van der Waals surface area contributed by atoms with Gasteiger partial charge in [0.05, 0.1) is 0 Å². The summed E-state index contributed by atoms with van der Waals surface area (Å²) in [4.78, 5) is 49.1. The van der Waals surface area contributed by atoms with E-state index in [4.69, 9.17) is 12.3 Å². The molecule has 3 aromatic rings. The monoisotopic (exact) mass is 586 g/mol. The van der Waals surface area contributed by atoms with Crippen molar-refractivity contribution >= 4 is 47.9 Å². The maximum atomic E-state index is 13.3. The zero-order chi connectivity index (χ0) is 29.1. The molecule has 0 aromatic heterocycles. The predicted molar refractivity (Wildman–Crippen MR) is 157 cm³/mol. The number of nitrogens with two attached hydrogens (primary N) is 1. The van der Waals surface area contributed by atoms with E-state index in [9.17, 15) is 24.3 Å². The second kappa shape index (κ2) is 16.3. The molecule has 0 fully saturated rings. The van der Waals surface area contributed by atoms with Crippen molar-refractivity contribution in [2.45, 2.75) is 36.7 Å². The number of benzene rings is 3. The van der Waals surface area contributed by atoms with Gasteiger partial charge in [0.15, 0.2) is 7.45 Å². The van der Waals surface area contributed by atoms with Crippen LogP contribution in [0.4, 0.5) is 0 Å². The van der Waals surface area contributed by atoms with Crippen LogP contribution in [0, 0.1) is 0 Å². The molecule has 3 rings (SSSR count). The lowest BCUT2D eigenvalue weighted by Gasteiger charge is -2.22. The minimum absolute atomic E-state index is 0. The van der Waals surface area contributed by atoms with E-state index < -0.39 is 41.9 Å². The zero-order valence-corrected chi connectivity index (χ0v) is 23.1. The average molecular weight is 587 g/mol. The summed E-state index contributed by atoms with van der Waals surface area (Å²) in [5.74, 6) is -3.73. The molecule has 11 heteroatoms. The molecule has 0 bridgehead atoms. The number of nitrogens with one attached hydrogen (secondary N) is 2. The van der Waals surface area contributed by atoms with E-state index in [0.29, 0.717) is 16.6 Å². The Morgan fingerprint density at radius 1 is 0.875 bits per heavy atom. The normalized spacial score (nSPS) is 13.1. The first kappa shape index (κ1) is 30.7. The Hall–Kier alpha value is -3.86. The molecular weight excluding hydrogens is 554 g/mol. The molecule has 3 aromatic carbocycles. The van der Waals surface area contributed by atoms with Crippen LogP contribution in [-0.4, -0.2) is 51.8 Å². The van der Waals surface area contributed by atoms with E-state index in [-0.39, 0.29) is 31.0 Å². The molecule has 9 nitrogen and oxygen atoms in total. The highest BCUT2D eigenvalue weighted by molar-refractivity contribution is 7.98. The van der Waals surface area contributed by atoms with Gasteiger partial charge in [-0.1, -0.05) is 84.9 Å². The first-order valence-corrected chi connectivity index (χ1v) is 13.4. The van der Waals surface area contributed by atoms with Gasteiger partial charge in [-0.15, -0.1) is 12.4 Å². The molecule has 2 amide bonds. The van der Waals surface area contributed by atoms with Crippen molar-refractivity contribution in [3.8, 4) is 11.1 Å². The van der Waals surface area contributed by atoms with Crippen molar-refractivity contribution < 1.29 is 30.8 Å². The second-order valence-corrected chi connectivity index (χ2v) is 9.78. The molecule has 0 saturated carbocycles. The molecule has 6 N–H and O–H groups in total. The fraction of sp³-hybridized carbons (Fsp3) is 0.241. The molecule has 212 valence electrons. The fourth-order valence-corrected chi connectivity index (χ4v) is 4.85. The first-order chi connectivity index (χ1) is 19.2. The number of hydrogen-bond donors (Lipinski definition) is 5. The van der Waals surface area contributed by atoms with Gasteiger partial charge in [0.1, 0.15) is 12.1 Å². The lowest BCUT2D eigenvalue weighted by Crippen LogP contribution is -2.50. The molecule has 1 unspecified atom stereocenters. The summed E-state index contributed by atoms with van der Waals surface area (Å²) < 4.78 is 8.41. The SMILES string of the molecule is Cl.[2H]N(C(=O)CC[C@H](N)C(=O)O)[C@@H](CSCc1ccccc1-c1ccccc1)C(=O)NC(C(=O)O)c1ccccc1. The predicted octanol–water partition coefficient (Wildman–Crippen LogP) is 3.63. The highest BCUT2D eigenvalue weighted by Gasteiger charge is 2.28. The van der Waals surface area contributed by atoms with E-state index >= 15 is 0 Å². The summed E-state index contributed by atoms with van der Waals surface area (Å²) >= 11 is 1.32. The van der Waals surface area contributed by atoms with Crippen molar-refractivity contribution in [3.63, 3.8) is 0 Å². The first-order valence-electron chi connectivity index (χ1n) is 12.7. The standard InChI is InChI=1S/C29H31N3O6S.ClH/c30-23(28(35)36)15-16-25(33)31-24(27(34)32-26(29(37)38)20-11-5-2-6-12-20)18-39-17-21-13-7-8-14-22(21)19-9-3-1-4-10-19;/h1-14,23-24,26H,15-18,30H2,(H,31,33)(H,32,34)(H,35,36)(H,37,38);1H/t23-,24-,26?;/m0./s1/i/hD. The summed E-state index contributed by atoms with van der Waals surface area (Å²) in [7, 11) is 0. The molecule has 0 spiro atoms. The quantitative estimate of drug-likeness (QED) is 0.191. The van der Waals surface area contributed by atoms with E-state index in [1.54, 1.807) is 30.3 Å². The fourth-order valence-electron chi connectivity index (χ4n) is 3.81. The number of thioether (sulfide) groups is 1. The van der Waals surface area contributed by atoms with Gasteiger partial charge in [-0.25, -0.2) is 4.79 Å². The molecule has 0 saturated heterocycles. The van der Waals surface area contributed by atoms with Crippen molar-refractivity contribution in [1.82, 2.24) is 10.6 Å². The van der Waals surface area contributed by atoms with Gasteiger partial charge in [0, 0.05) is 17.9 Å². The van der Waals surface area contributed by atoms with Crippen LogP contribution in [0.15, 0.2) is 84.9 Å². The van der Waals surface area contributed by atoms with Gasteiger partial charge in [0.25, 0.3) is 0 Å². The zero-order valence-electron chi connectivity index (χ0n) is 22.5. The smallest absolute Gasteiger partial charge is 0.330 e. The van der Waals surface area contributed by atoms with Crippen molar-refractivity contribution in [2.75, 3.05) is 5.75 Å². The highest BCUT2D eigenvalue weighted by Crippen LogP contribution is 2.27. The number of aliphatic carboxylic acids is 2. The molecule has 0 aliphatic heterocycles. The lowest BCUT2D eigenvalue weighted by molar-refractivity contribution is -0.142. The van der Waals surface area contributed by atoms with Crippen LogP contribution in [0.2, 0.25) is 1.41 Å². The van der Waals surface area contributed by atoms with Gasteiger partial charge in [-0.2, -0.15) is 11.8 Å². The van der Waals surface area contributed by atoms with Crippen molar-refractivity contribution in [2.24, 2.45) is 5.73 Å². The lowest BCUT2D eigenvalue weighted by atomic mass is 10.0. The Labute approximate surface area is 244 Å². The maximum Gasteiger partial charge on any atom is 0.330 e. The number of carbonyl (C=O) groups is 4. The van der Waals surface area contributed by atoms with Gasteiger partial charge in [-0.05, 0) is 28.7 Å². The summed E-state index contributed by atoms with van der Waals surface area (Å²) in [5, 5.41) is 21.7. The minimum atomic E-state index is -1.39. The largest absolute Gasteiger partial charge is 0.480 e. The van der Waals surface area contributed by atoms with Gasteiger partial charge in [-0.3, -0.25) is 14.4 Å². The minimum Gasteiger partial charge on any atom is -0.480 e. The molecule has 0 heterocycles. The number of carboxylic acids is 2. The molecule has 0 radical (unpaired) electrons. The summed E-state index contributed by atoms with van der Waals surface area (Å²) in [6, 6.07) is 21.6. The van der Waals surface area contributed by atoms with Crippen LogP contribution in [0.3, 0.4) is 0 Å². The van der Waals surface area contributed by atoms with E-state index in [2.05, 4.69) is 5.32 Å². The van der Waals surface area contributed by atoms with Gasteiger partial charge in [0.2, 0.25) is 11.8 Å². The average Bonchev–Trinajstić information content (AvgIpc) is 2.97. The number of amides is 2. The van der Waals surface area contributed by atoms with E-state index in [1.165, 1.54) is 11.8 Å². The Kier molecular flexibility index (Phi) is 12.5. The third-order valence-corrected chi connectivity index (χ3v) is 6.96. The maximum absolute atomic E-state index is 13.3. The van der Waals surface area contributed by atoms with Crippen molar-refractivity contribution in [3.05, 3.63) is 96.1 Å². The number of hydrogen-bond acceptors (Lipinski definition) is 6. The van der Waals surface area contributed by atoms with Crippen LogP contribution < -0.4 is 16.4 Å². The Bertz CT molecular complexity index is 1320. The Morgan fingerprint density at radius 3 is 2.10 bits per heavy atom. The third kappa shape index (κ3) is 9.71. The summed E-state index contributed by atoms with van der Waals surface area (Å²) in [6.07, 6.45) is -0.569. The molecular formula is C29H32ClN3O6S. The van der Waals surface area contributed by atoms with Crippen LogP contribution in [0.1, 0.15) is 30.0 Å².